The average molecular weight is 322 g/mol. The average Bonchev–Trinajstić information content (AvgIpc) is 2.47. The minimum absolute atomic E-state index is 0.000574. The van der Waals surface area contributed by atoms with Gasteiger partial charge >= 0.3 is 5.97 Å². The van der Waals surface area contributed by atoms with E-state index in [1.165, 1.54) is 0 Å². The summed E-state index contributed by atoms with van der Waals surface area (Å²) in [6.45, 7) is 7.73. The fraction of sp³-hybridized carbons (Fsp3) is 0.684. The van der Waals surface area contributed by atoms with Gasteiger partial charge in [-0.15, -0.1) is 0 Å². The highest BCUT2D eigenvalue weighted by Crippen LogP contribution is 2.31. The van der Waals surface area contributed by atoms with Crippen molar-refractivity contribution < 1.29 is 19.4 Å². The molecule has 0 spiro atoms. The van der Waals surface area contributed by atoms with Crippen molar-refractivity contribution in [1.82, 2.24) is 0 Å². The fourth-order valence-corrected chi connectivity index (χ4v) is 2.88. The molecule has 0 saturated carbocycles. The van der Waals surface area contributed by atoms with E-state index < -0.39 is 17.5 Å². The highest BCUT2D eigenvalue weighted by Gasteiger charge is 2.39. The quantitative estimate of drug-likeness (QED) is 0.694. The number of hydrogen-bond donors (Lipinski definition) is 1. The second kappa shape index (κ2) is 9.02. The lowest BCUT2D eigenvalue weighted by Crippen LogP contribution is -2.42. The Balaban J connectivity index is 2.88. The van der Waals surface area contributed by atoms with Crippen LogP contribution in [0.25, 0.3) is 0 Å². The van der Waals surface area contributed by atoms with Gasteiger partial charge in [0, 0.05) is 5.92 Å². The van der Waals surface area contributed by atoms with Gasteiger partial charge in [0.25, 0.3) is 0 Å². The zero-order valence-corrected chi connectivity index (χ0v) is 14.7. The lowest BCUT2D eigenvalue weighted by atomic mass is 9.74. The maximum absolute atomic E-state index is 12.7. The molecule has 4 nitrogen and oxygen atoms in total. The lowest BCUT2D eigenvalue weighted by Gasteiger charge is -2.32. The molecule has 1 heterocycles. The summed E-state index contributed by atoms with van der Waals surface area (Å²) >= 11 is 0. The third-order valence-electron chi connectivity index (χ3n) is 4.50. The van der Waals surface area contributed by atoms with Crippen LogP contribution in [0.1, 0.15) is 53.4 Å². The van der Waals surface area contributed by atoms with E-state index in [1.807, 2.05) is 25.2 Å². The molecular weight excluding hydrogens is 292 g/mol. The van der Waals surface area contributed by atoms with E-state index in [2.05, 4.69) is 13.0 Å². The van der Waals surface area contributed by atoms with Gasteiger partial charge in [-0.05, 0) is 25.2 Å². The van der Waals surface area contributed by atoms with E-state index in [4.69, 9.17) is 4.74 Å². The van der Waals surface area contributed by atoms with Crippen LogP contribution >= 0.6 is 0 Å². The van der Waals surface area contributed by atoms with Crippen molar-refractivity contribution in [3.63, 3.8) is 0 Å². The Hall–Kier alpha value is -1.42. The van der Waals surface area contributed by atoms with Crippen LogP contribution in [0.15, 0.2) is 24.3 Å². The Bertz CT molecular complexity index is 462. The standard InChI is InChI=1S/C19H30O4/c1-14-10-8-6-5-7-9-11-23-17(21)13-16(20)19(3,4)18(22)15(2)12-14/h5-8,14-16,20H,9-13H2,1-4H3/b7-5-,8-6+. The Labute approximate surface area is 139 Å². The first-order valence-corrected chi connectivity index (χ1v) is 8.44. The van der Waals surface area contributed by atoms with Crippen LogP contribution in [0.3, 0.4) is 0 Å². The van der Waals surface area contributed by atoms with E-state index in [0.29, 0.717) is 12.3 Å². The summed E-state index contributed by atoms with van der Waals surface area (Å²) in [5.41, 5.74) is -0.953. The third kappa shape index (κ3) is 6.30. The van der Waals surface area contributed by atoms with Gasteiger partial charge in [0.15, 0.2) is 0 Å². The number of hydrogen-bond acceptors (Lipinski definition) is 4. The number of carbonyl (C=O) groups excluding carboxylic acids is 2. The number of Topliss-reactive ketones (excluding diaryl/α,β-unsaturated/α-hetero) is 1. The molecule has 3 atom stereocenters. The number of esters is 1. The summed E-state index contributed by atoms with van der Waals surface area (Å²) in [6.07, 6.45) is 9.13. The van der Waals surface area contributed by atoms with E-state index >= 15 is 0 Å². The van der Waals surface area contributed by atoms with Crippen molar-refractivity contribution in [3.8, 4) is 0 Å². The maximum Gasteiger partial charge on any atom is 0.308 e. The van der Waals surface area contributed by atoms with Crippen LogP contribution in [-0.2, 0) is 14.3 Å². The topological polar surface area (TPSA) is 63.6 Å². The molecule has 1 rings (SSSR count). The summed E-state index contributed by atoms with van der Waals surface area (Å²) < 4.78 is 5.10. The van der Waals surface area contributed by atoms with E-state index in [0.717, 1.165) is 12.8 Å². The van der Waals surface area contributed by atoms with E-state index in [9.17, 15) is 14.7 Å². The number of ketones is 1. The van der Waals surface area contributed by atoms with Crippen LogP contribution in [0.2, 0.25) is 0 Å². The van der Waals surface area contributed by atoms with E-state index in [1.54, 1.807) is 13.8 Å². The number of aliphatic hydroxyl groups excluding tert-OH is 1. The molecule has 0 aromatic rings. The first kappa shape index (κ1) is 19.6. The third-order valence-corrected chi connectivity index (χ3v) is 4.50. The summed E-state index contributed by atoms with van der Waals surface area (Å²) in [4.78, 5) is 24.5. The SMILES string of the molecule is CC1C/C=C/C=C\CCOC(=O)CC(O)C(C)(C)C(=O)C(C)C1. The maximum atomic E-state index is 12.7. The summed E-state index contributed by atoms with van der Waals surface area (Å²) in [5.74, 6) is -0.219. The molecule has 1 N–H and O–H groups in total. The summed E-state index contributed by atoms with van der Waals surface area (Å²) in [7, 11) is 0. The highest BCUT2D eigenvalue weighted by molar-refractivity contribution is 5.87. The molecule has 3 unspecified atom stereocenters. The minimum atomic E-state index is -1.02. The first-order valence-electron chi connectivity index (χ1n) is 8.44. The van der Waals surface area contributed by atoms with Crippen LogP contribution in [0.5, 0.6) is 0 Å². The molecule has 0 radical (unpaired) electrons. The zero-order chi connectivity index (χ0) is 17.5. The van der Waals surface area contributed by atoms with Crippen LogP contribution in [-0.4, -0.2) is 29.6 Å². The lowest BCUT2D eigenvalue weighted by molar-refractivity contribution is -0.150. The van der Waals surface area contributed by atoms with Crippen molar-refractivity contribution in [2.45, 2.75) is 59.5 Å². The fourth-order valence-electron chi connectivity index (χ4n) is 2.88. The van der Waals surface area contributed by atoms with Gasteiger partial charge in [-0.3, -0.25) is 9.59 Å². The first-order chi connectivity index (χ1) is 10.7. The Morgan fingerprint density at radius 2 is 1.83 bits per heavy atom. The smallest absolute Gasteiger partial charge is 0.308 e. The molecule has 23 heavy (non-hydrogen) atoms. The monoisotopic (exact) mass is 322 g/mol. The molecule has 0 bridgehead atoms. The molecule has 0 aromatic heterocycles. The number of ether oxygens (including phenoxy) is 1. The Kier molecular flexibility index (Phi) is 7.69. The minimum Gasteiger partial charge on any atom is -0.465 e. The zero-order valence-electron chi connectivity index (χ0n) is 14.7. The van der Waals surface area contributed by atoms with Gasteiger partial charge in [0.05, 0.1) is 24.5 Å². The summed E-state index contributed by atoms with van der Waals surface area (Å²) in [6, 6.07) is 0. The van der Waals surface area contributed by atoms with Gasteiger partial charge in [-0.25, -0.2) is 0 Å². The predicted octanol–water partition coefficient (Wildman–Crippen LogP) is 3.44. The Morgan fingerprint density at radius 1 is 1.17 bits per heavy atom. The predicted molar refractivity (Wildman–Crippen MR) is 90.8 cm³/mol. The number of aliphatic hydroxyl groups is 1. The van der Waals surface area contributed by atoms with Gasteiger partial charge < -0.3 is 9.84 Å². The van der Waals surface area contributed by atoms with Crippen LogP contribution in [0, 0.1) is 17.3 Å². The largest absolute Gasteiger partial charge is 0.465 e. The molecular formula is C19H30O4. The van der Waals surface area contributed by atoms with Gasteiger partial charge in [-0.1, -0.05) is 52.0 Å². The molecule has 0 aromatic carbocycles. The molecule has 1 aliphatic heterocycles. The molecule has 130 valence electrons. The van der Waals surface area contributed by atoms with Crippen molar-refractivity contribution in [1.29, 1.82) is 0 Å². The summed E-state index contributed by atoms with van der Waals surface area (Å²) in [5, 5.41) is 10.3. The van der Waals surface area contributed by atoms with Gasteiger partial charge in [0.2, 0.25) is 0 Å². The number of carbonyl (C=O) groups is 2. The van der Waals surface area contributed by atoms with Crippen LogP contribution in [0.4, 0.5) is 0 Å². The van der Waals surface area contributed by atoms with E-state index in [-0.39, 0.29) is 24.7 Å². The highest BCUT2D eigenvalue weighted by atomic mass is 16.5. The Morgan fingerprint density at radius 3 is 2.52 bits per heavy atom. The number of allylic oxidation sites excluding steroid dienone is 3. The molecule has 0 saturated heterocycles. The molecule has 1 aliphatic rings. The normalized spacial score (nSPS) is 33.7. The molecule has 4 heteroatoms. The molecule has 0 fully saturated rings. The van der Waals surface area contributed by atoms with Crippen molar-refractivity contribution in [3.05, 3.63) is 24.3 Å². The van der Waals surface area contributed by atoms with Gasteiger partial charge in [-0.2, -0.15) is 0 Å². The van der Waals surface area contributed by atoms with Crippen molar-refractivity contribution in [2.24, 2.45) is 17.3 Å². The second-order valence-corrected chi connectivity index (χ2v) is 7.15. The van der Waals surface area contributed by atoms with Gasteiger partial charge in [0.1, 0.15) is 5.78 Å². The number of cyclic esters (lactones) is 1. The van der Waals surface area contributed by atoms with Crippen molar-refractivity contribution in [2.75, 3.05) is 6.61 Å². The second-order valence-electron chi connectivity index (χ2n) is 7.15. The molecule has 0 amide bonds. The number of rotatable bonds is 0. The van der Waals surface area contributed by atoms with Crippen LogP contribution < -0.4 is 0 Å². The molecule has 0 aliphatic carbocycles. The van der Waals surface area contributed by atoms with Crippen molar-refractivity contribution >= 4 is 11.8 Å².